The number of rotatable bonds is 11. The SMILES string of the molecule is COCCNC(=O)[C@H](c1ccc(F)cc1)N(CCc1ccccc1)C(=O)c1snc(C(N)=O)c1N. The van der Waals surface area contributed by atoms with Crippen LogP contribution in [0.4, 0.5) is 10.1 Å². The maximum Gasteiger partial charge on any atom is 0.270 e. The number of nitrogens with one attached hydrogen (secondary N) is 1. The van der Waals surface area contributed by atoms with Crippen LogP contribution in [0.3, 0.4) is 0 Å². The van der Waals surface area contributed by atoms with Gasteiger partial charge in [-0.25, -0.2) is 4.39 Å². The molecule has 0 aliphatic rings. The lowest BCUT2D eigenvalue weighted by molar-refractivity contribution is -0.126. The van der Waals surface area contributed by atoms with E-state index in [0.717, 1.165) is 17.1 Å². The van der Waals surface area contributed by atoms with Gasteiger partial charge in [-0.05, 0) is 41.2 Å². The molecule has 3 amide bonds. The van der Waals surface area contributed by atoms with Crippen LogP contribution in [-0.4, -0.2) is 53.8 Å². The Morgan fingerprint density at radius 1 is 1.14 bits per heavy atom. The van der Waals surface area contributed by atoms with E-state index in [9.17, 15) is 18.8 Å². The third-order valence-corrected chi connectivity index (χ3v) is 6.10. The Balaban J connectivity index is 2.03. The number of anilines is 1. The van der Waals surface area contributed by atoms with Crippen molar-refractivity contribution in [1.29, 1.82) is 0 Å². The number of nitrogens with two attached hydrogens (primary N) is 2. The quantitative estimate of drug-likeness (QED) is 0.345. The number of aromatic nitrogens is 1. The van der Waals surface area contributed by atoms with Gasteiger partial charge in [0.1, 0.15) is 16.7 Å². The van der Waals surface area contributed by atoms with Crippen molar-refractivity contribution in [3.63, 3.8) is 0 Å². The van der Waals surface area contributed by atoms with Crippen molar-refractivity contribution in [2.75, 3.05) is 32.5 Å². The molecule has 0 aliphatic carbocycles. The summed E-state index contributed by atoms with van der Waals surface area (Å²) >= 11 is 0.732. The Bertz CT molecular complexity index is 1170. The van der Waals surface area contributed by atoms with E-state index >= 15 is 0 Å². The number of methoxy groups -OCH3 is 1. The molecule has 2 aromatic carbocycles. The number of nitrogen functional groups attached to an aromatic ring is 1. The van der Waals surface area contributed by atoms with Crippen LogP contribution in [0, 0.1) is 5.82 Å². The molecule has 0 saturated carbocycles. The molecule has 3 aromatic rings. The number of benzene rings is 2. The normalized spacial score (nSPS) is 11.6. The van der Waals surface area contributed by atoms with Gasteiger partial charge in [-0.2, -0.15) is 4.37 Å². The number of primary amides is 1. The predicted molar refractivity (Wildman–Crippen MR) is 130 cm³/mol. The molecule has 0 unspecified atom stereocenters. The molecular formula is C24H26FN5O4S. The van der Waals surface area contributed by atoms with Gasteiger partial charge in [0.15, 0.2) is 5.69 Å². The molecule has 9 nitrogen and oxygen atoms in total. The zero-order valence-electron chi connectivity index (χ0n) is 19.1. The number of amides is 3. The van der Waals surface area contributed by atoms with E-state index in [0.29, 0.717) is 12.0 Å². The Labute approximate surface area is 206 Å². The summed E-state index contributed by atoms with van der Waals surface area (Å²) in [5, 5.41) is 2.75. The average molecular weight is 500 g/mol. The van der Waals surface area contributed by atoms with Gasteiger partial charge in [0.2, 0.25) is 5.91 Å². The zero-order valence-corrected chi connectivity index (χ0v) is 19.9. The second-order valence-electron chi connectivity index (χ2n) is 7.61. The van der Waals surface area contributed by atoms with Crippen molar-refractivity contribution >= 4 is 34.9 Å². The van der Waals surface area contributed by atoms with Crippen LogP contribution in [0.2, 0.25) is 0 Å². The van der Waals surface area contributed by atoms with Crippen LogP contribution in [-0.2, 0) is 16.0 Å². The highest BCUT2D eigenvalue weighted by molar-refractivity contribution is 7.09. The summed E-state index contributed by atoms with van der Waals surface area (Å²) in [6.45, 7) is 0.609. The van der Waals surface area contributed by atoms with Crippen molar-refractivity contribution in [2.24, 2.45) is 5.73 Å². The lowest BCUT2D eigenvalue weighted by Crippen LogP contribution is -2.45. The van der Waals surface area contributed by atoms with Crippen LogP contribution >= 0.6 is 11.5 Å². The number of ether oxygens (including phenoxy) is 1. The molecule has 1 heterocycles. The second-order valence-corrected chi connectivity index (χ2v) is 8.38. The molecule has 184 valence electrons. The number of hydrogen-bond donors (Lipinski definition) is 3. The highest BCUT2D eigenvalue weighted by Gasteiger charge is 2.34. The first kappa shape index (κ1) is 25.8. The number of carbonyl (C=O) groups excluding carboxylic acids is 3. The second kappa shape index (κ2) is 12.0. The molecular weight excluding hydrogens is 473 g/mol. The standard InChI is InChI=1S/C24H26FN5O4S/c1-34-14-12-28-23(32)20(16-7-9-17(25)10-8-16)30(13-11-15-5-3-2-4-6-15)24(33)21-18(26)19(22(27)31)29-35-21/h2-10,20H,11-14,26H2,1H3,(H2,27,31)(H,28,32)/t20-/m0/s1. The smallest absolute Gasteiger partial charge is 0.270 e. The molecule has 0 bridgehead atoms. The lowest BCUT2D eigenvalue weighted by Gasteiger charge is -2.31. The van der Waals surface area contributed by atoms with E-state index in [1.54, 1.807) is 0 Å². The minimum atomic E-state index is -1.11. The first-order chi connectivity index (χ1) is 16.8. The molecule has 1 aromatic heterocycles. The summed E-state index contributed by atoms with van der Waals surface area (Å²) in [6, 6.07) is 13.7. The van der Waals surface area contributed by atoms with Crippen molar-refractivity contribution < 1.29 is 23.5 Å². The Morgan fingerprint density at radius 2 is 1.83 bits per heavy atom. The van der Waals surface area contributed by atoms with E-state index in [1.165, 1.54) is 36.3 Å². The van der Waals surface area contributed by atoms with Crippen molar-refractivity contribution in [2.45, 2.75) is 12.5 Å². The molecule has 5 N–H and O–H groups in total. The molecule has 0 saturated heterocycles. The first-order valence-corrected chi connectivity index (χ1v) is 11.5. The summed E-state index contributed by atoms with van der Waals surface area (Å²) < 4.78 is 22.6. The average Bonchev–Trinajstić information content (AvgIpc) is 3.24. The molecule has 1 atom stereocenters. The Morgan fingerprint density at radius 3 is 2.43 bits per heavy atom. The van der Waals surface area contributed by atoms with Crippen LogP contribution < -0.4 is 16.8 Å². The zero-order chi connectivity index (χ0) is 25.4. The highest BCUT2D eigenvalue weighted by atomic mass is 32.1. The topological polar surface area (TPSA) is 141 Å². The van der Waals surface area contributed by atoms with Gasteiger partial charge in [0.05, 0.1) is 12.3 Å². The number of hydrogen-bond acceptors (Lipinski definition) is 7. The van der Waals surface area contributed by atoms with Crippen LogP contribution in [0.15, 0.2) is 54.6 Å². The molecule has 0 radical (unpaired) electrons. The van der Waals surface area contributed by atoms with Crippen LogP contribution in [0.1, 0.15) is 37.3 Å². The maximum absolute atomic E-state index is 13.7. The number of halogens is 1. The fourth-order valence-corrected chi connectivity index (χ4v) is 4.25. The van der Waals surface area contributed by atoms with E-state index in [2.05, 4.69) is 9.69 Å². The van der Waals surface area contributed by atoms with Crippen molar-refractivity contribution in [3.05, 3.63) is 82.1 Å². The Kier molecular flexibility index (Phi) is 8.87. The number of nitrogens with zero attached hydrogens (tertiary/aromatic N) is 2. The van der Waals surface area contributed by atoms with E-state index in [1.807, 2.05) is 30.3 Å². The molecule has 3 rings (SSSR count). The summed E-state index contributed by atoms with van der Waals surface area (Å²) in [5.41, 5.74) is 12.3. The molecule has 0 aliphatic heterocycles. The minimum Gasteiger partial charge on any atom is -0.395 e. The van der Waals surface area contributed by atoms with Crippen LogP contribution in [0.25, 0.3) is 0 Å². The van der Waals surface area contributed by atoms with Gasteiger partial charge in [0.25, 0.3) is 11.8 Å². The summed E-state index contributed by atoms with van der Waals surface area (Å²) in [4.78, 5) is 40.0. The number of carbonyl (C=O) groups is 3. The first-order valence-electron chi connectivity index (χ1n) is 10.8. The monoisotopic (exact) mass is 499 g/mol. The van der Waals surface area contributed by atoms with Gasteiger partial charge in [-0.1, -0.05) is 42.5 Å². The summed E-state index contributed by atoms with van der Waals surface area (Å²) in [7, 11) is 1.50. The largest absolute Gasteiger partial charge is 0.395 e. The lowest BCUT2D eigenvalue weighted by atomic mass is 10.0. The van der Waals surface area contributed by atoms with Gasteiger partial charge in [0, 0.05) is 20.2 Å². The third-order valence-electron chi connectivity index (χ3n) is 5.25. The van der Waals surface area contributed by atoms with E-state index in [-0.39, 0.29) is 36.0 Å². The van der Waals surface area contributed by atoms with Crippen LogP contribution in [0.5, 0.6) is 0 Å². The maximum atomic E-state index is 13.7. The molecule has 0 spiro atoms. The molecule has 0 fully saturated rings. The van der Waals surface area contributed by atoms with E-state index < -0.39 is 29.6 Å². The fraction of sp³-hybridized carbons (Fsp3) is 0.250. The highest BCUT2D eigenvalue weighted by Crippen LogP contribution is 2.29. The molecule has 11 heteroatoms. The summed E-state index contributed by atoms with van der Waals surface area (Å²) in [6.07, 6.45) is 0.428. The van der Waals surface area contributed by atoms with Gasteiger partial charge < -0.3 is 26.4 Å². The van der Waals surface area contributed by atoms with Gasteiger partial charge in [-0.3, -0.25) is 14.4 Å². The molecule has 35 heavy (non-hydrogen) atoms. The van der Waals surface area contributed by atoms with Gasteiger partial charge >= 0.3 is 0 Å². The summed E-state index contributed by atoms with van der Waals surface area (Å²) in [5.74, 6) is -2.42. The fourth-order valence-electron chi connectivity index (χ4n) is 3.49. The van der Waals surface area contributed by atoms with Gasteiger partial charge in [-0.15, -0.1) is 0 Å². The van der Waals surface area contributed by atoms with E-state index in [4.69, 9.17) is 16.2 Å². The predicted octanol–water partition coefficient (Wildman–Crippen LogP) is 2.15. The van der Waals surface area contributed by atoms with Crippen molar-refractivity contribution in [1.82, 2.24) is 14.6 Å². The third kappa shape index (κ3) is 6.40. The minimum absolute atomic E-state index is 0.0105. The Hall–Kier alpha value is -3.83. The van der Waals surface area contributed by atoms with Crippen molar-refractivity contribution in [3.8, 4) is 0 Å².